The molecule has 1 heterocycles. The first-order chi connectivity index (χ1) is 9.11. The van der Waals surface area contributed by atoms with Crippen LogP contribution in [-0.2, 0) is 4.79 Å². The third kappa shape index (κ3) is 3.17. The Bertz CT molecular complexity index is 450. The minimum absolute atomic E-state index is 0.0509. The van der Waals surface area contributed by atoms with Crippen molar-refractivity contribution in [2.75, 3.05) is 25.1 Å². The van der Waals surface area contributed by atoms with Gasteiger partial charge in [-0.15, -0.1) is 0 Å². The van der Waals surface area contributed by atoms with Crippen LogP contribution in [0.25, 0.3) is 0 Å². The monoisotopic (exact) mass is 264 g/mol. The first kappa shape index (κ1) is 13.7. The maximum absolute atomic E-state index is 11.0. The van der Waals surface area contributed by atoms with E-state index in [0.717, 1.165) is 18.0 Å². The highest BCUT2D eigenvalue weighted by molar-refractivity contribution is 5.69. The number of carbonyl (C=O) groups is 1. The number of para-hydroxylation sites is 2. The van der Waals surface area contributed by atoms with Gasteiger partial charge in [-0.25, -0.2) is 0 Å². The molecule has 0 spiro atoms. The number of carboxylic acids is 1. The number of piperazine rings is 1. The Balaban J connectivity index is 2.28. The summed E-state index contributed by atoms with van der Waals surface area (Å²) in [6, 6.07) is 8.02. The Morgan fingerprint density at radius 3 is 2.95 bits per heavy atom. The number of anilines is 1. The summed E-state index contributed by atoms with van der Waals surface area (Å²) in [5.74, 6) is 0.00763. The molecular weight excluding hydrogens is 244 g/mol. The van der Waals surface area contributed by atoms with Gasteiger partial charge in [0, 0.05) is 19.1 Å². The van der Waals surface area contributed by atoms with Crippen molar-refractivity contribution < 1.29 is 14.6 Å². The molecule has 2 rings (SSSR count). The van der Waals surface area contributed by atoms with Gasteiger partial charge < -0.3 is 20.1 Å². The summed E-state index contributed by atoms with van der Waals surface area (Å²) in [6.07, 6.45) is 0.123. The number of methoxy groups -OCH3 is 1. The average molecular weight is 264 g/mol. The van der Waals surface area contributed by atoms with Crippen molar-refractivity contribution in [3.8, 4) is 5.75 Å². The summed E-state index contributed by atoms with van der Waals surface area (Å²) in [6.45, 7) is 3.54. The minimum atomic E-state index is -0.777. The molecule has 2 unspecified atom stereocenters. The van der Waals surface area contributed by atoms with Crippen molar-refractivity contribution in [3.63, 3.8) is 0 Å². The van der Waals surface area contributed by atoms with Gasteiger partial charge in [0.05, 0.1) is 25.3 Å². The van der Waals surface area contributed by atoms with E-state index in [-0.39, 0.29) is 12.5 Å². The molecule has 0 amide bonds. The van der Waals surface area contributed by atoms with Gasteiger partial charge in [0.15, 0.2) is 0 Å². The number of hydrogen-bond acceptors (Lipinski definition) is 4. The van der Waals surface area contributed by atoms with Gasteiger partial charge in [0.1, 0.15) is 5.75 Å². The molecule has 1 aromatic rings. The number of aliphatic carboxylic acids is 1. The van der Waals surface area contributed by atoms with E-state index in [0.29, 0.717) is 12.6 Å². The molecule has 0 bridgehead atoms. The minimum Gasteiger partial charge on any atom is -0.495 e. The van der Waals surface area contributed by atoms with Crippen LogP contribution < -0.4 is 15.0 Å². The molecule has 1 aliphatic heterocycles. The largest absolute Gasteiger partial charge is 0.495 e. The molecule has 2 atom stereocenters. The second-order valence-corrected chi connectivity index (χ2v) is 4.89. The number of nitrogens with one attached hydrogen (secondary N) is 1. The lowest BCUT2D eigenvalue weighted by Crippen LogP contribution is -2.56. The Kier molecular flexibility index (Phi) is 4.27. The van der Waals surface area contributed by atoms with Gasteiger partial charge in [0.25, 0.3) is 0 Å². The SMILES string of the molecule is COc1ccccc1N1CC(C)NCC1CC(=O)O. The number of rotatable bonds is 4. The van der Waals surface area contributed by atoms with E-state index < -0.39 is 5.97 Å². The van der Waals surface area contributed by atoms with Gasteiger partial charge in [-0.3, -0.25) is 4.79 Å². The van der Waals surface area contributed by atoms with E-state index in [1.807, 2.05) is 24.3 Å². The van der Waals surface area contributed by atoms with Crippen LogP contribution in [0.4, 0.5) is 5.69 Å². The first-order valence-corrected chi connectivity index (χ1v) is 6.46. The summed E-state index contributed by atoms with van der Waals surface area (Å²) < 4.78 is 5.38. The molecular formula is C14H20N2O3. The van der Waals surface area contributed by atoms with Gasteiger partial charge in [0.2, 0.25) is 0 Å². The average Bonchev–Trinajstić information content (AvgIpc) is 2.40. The molecule has 5 heteroatoms. The molecule has 104 valence electrons. The predicted molar refractivity (Wildman–Crippen MR) is 73.8 cm³/mol. The van der Waals surface area contributed by atoms with Gasteiger partial charge in [-0.2, -0.15) is 0 Å². The highest BCUT2D eigenvalue weighted by Gasteiger charge is 2.29. The van der Waals surface area contributed by atoms with Crippen LogP contribution in [0.1, 0.15) is 13.3 Å². The Labute approximate surface area is 113 Å². The van der Waals surface area contributed by atoms with E-state index in [1.54, 1.807) is 7.11 Å². The fourth-order valence-electron chi connectivity index (χ4n) is 2.50. The molecule has 1 fully saturated rings. The Hall–Kier alpha value is -1.75. The summed E-state index contributed by atoms with van der Waals surface area (Å²) >= 11 is 0. The maximum atomic E-state index is 11.0. The molecule has 5 nitrogen and oxygen atoms in total. The normalized spacial score (nSPS) is 23.2. The molecule has 1 saturated heterocycles. The zero-order valence-electron chi connectivity index (χ0n) is 11.3. The van der Waals surface area contributed by atoms with Crippen molar-refractivity contribution in [3.05, 3.63) is 24.3 Å². The molecule has 1 aromatic carbocycles. The number of ether oxygens (including phenoxy) is 1. The second-order valence-electron chi connectivity index (χ2n) is 4.89. The van der Waals surface area contributed by atoms with Gasteiger partial charge >= 0.3 is 5.97 Å². The van der Waals surface area contributed by atoms with Crippen LogP contribution in [0.15, 0.2) is 24.3 Å². The first-order valence-electron chi connectivity index (χ1n) is 6.46. The van der Waals surface area contributed by atoms with Crippen LogP contribution in [0.5, 0.6) is 5.75 Å². The van der Waals surface area contributed by atoms with Crippen molar-refractivity contribution in [1.29, 1.82) is 0 Å². The third-order valence-electron chi connectivity index (χ3n) is 3.42. The highest BCUT2D eigenvalue weighted by atomic mass is 16.5. The van der Waals surface area contributed by atoms with Crippen LogP contribution in [-0.4, -0.2) is 43.4 Å². The number of nitrogens with zero attached hydrogens (tertiary/aromatic N) is 1. The number of carboxylic acid groups (broad SMARTS) is 1. The van der Waals surface area contributed by atoms with Crippen molar-refractivity contribution in [2.45, 2.75) is 25.4 Å². The predicted octanol–water partition coefficient (Wildman–Crippen LogP) is 1.34. The van der Waals surface area contributed by atoms with Crippen molar-refractivity contribution in [1.82, 2.24) is 5.32 Å². The molecule has 0 saturated carbocycles. The fraction of sp³-hybridized carbons (Fsp3) is 0.500. The molecule has 1 aliphatic rings. The number of hydrogen-bond donors (Lipinski definition) is 2. The lowest BCUT2D eigenvalue weighted by Gasteiger charge is -2.40. The molecule has 0 radical (unpaired) electrons. The van der Waals surface area contributed by atoms with Crippen LogP contribution in [0, 0.1) is 0 Å². The quantitative estimate of drug-likeness (QED) is 0.859. The lowest BCUT2D eigenvalue weighted by molar-refractivity contribution is -0.137. The topological polar surface area (TPSA) is 61.8 Å². The zero-order chi connectivity index (χ0) is 13.8. The Morgan fingerprint density at radius 2 is 2.26 bits per heavy atom. The second kappa shape index (κ2) is 5.93. The van der Waals surface area contributed by atoms with E-state index in [4.69, 9.17) is 9.84 Å². The van der Waals surface area contributed by atoms with Gasteiger partial charge in [-0.05, 0) is 19.1 Å². The van der Waals surface area contributed by atoms with Crippen LogP contribution >= 0.6 is 0 Å². The standard InChI is InChI=1S/C14H20N2O3/c1-10-9-16(11(8-15-10)7-14(17)18)12-5-3-4-6-13(12)19-2/h3-6,10-11,15H,7-9H2,1-2H3,(H,17,18). The lowest BCUT2D eigenvalue weighted by atomic mass is 10.1. The van der Waals surface area contributed by atoms with E-state index in [1.165, 1.54) is 0 Å². The molecule has 2 N–H and O–H groups in total. The summed E-state index contributed by atoms with van der Waals surface area (Å²) in [7, 11) is 1.64. The van der Waals surface area contributed by atoms with E-state index in [2.05, 4.69) is 17.1 Å². The van der Waals surface area contributed by atoms with Crippen molar-refractivity contribution in [2.24, 2.45) is 0 Å². The third-order valence-corrected chi connectivity index (χ3v) is 3.42. The fourth-order valence-corrected chi connectivity index (χ4v) is 2.50. The van der Waals surface area contributed by atoms with E-state index in [9.17, 15) is 4.79 Å². The van der Waals surface area contributed by atoms with Crippen LogP contribution in [0.2, 0.25) is 0 Å². The summed E-state index contributed by atoms with van der Waals surface area (Å²) in [4.78, 5) is 13.1. The smallest absolute Gasteiger partial charge is 0.305 e. The molecule has 0 aromatic heterocycles. The van der Waals surface area contributed by atoms with Crippen molar-refractivity contribution >= 4 is 11.7 Å². The van der Waals surface area contributed by atoms with Crippen LogP contribution in [0.3, 0.4) is 0 Å². The highest BCUT2D eigenvalue weighted by Crippen LogP contribution is 2.31. The van der Waals surface area contributed by atoms with E-state index >= 15 is 0 Å². The number of benzene rings is 1. The van der Waals surface area contributed by atoms with Gasteiger partial charge in [-0.1, -0.05) is 12.1 Å². The zero-order valence-corrected chi connectivity index (χ0v) is 11.3. The summed E-state index contributed by atoms with van der Waals surface area (Å²) in [5.41, 5.74) is 0.963. The Morgan fingerprint density at radius 1 is 1.53 bits per heavy atom. The maximum Gasteiger partial charge on any atom is 0.305 e. The molecule has 19 heavy (non-hydrogen) atoms. The molecule has 0 aliphatic carbocycles. The summed E-state index contributed by atoms with van der Waals surface area (Å²) in [5, 5.41) is 12.4.